The maximum absolute atomic E-state index is 12.4. The second kappa shape index (κ2) is 9.29. The minimum absolute atomic E-state index is 0.168. The molecule has 1 saturated carbocycles. The van der Waals surface area contributed by atoms with E-state index in [4.69, 9.17) is 4.98 Å². The van der Waals surface area contributed by atoms with Crippen LogP contribution in [0.3, 0.4) is 0 Å². The molecule has 0 bridgehead atoms. The van der Waals surface area contributed by atoms with Crippen LogP contribution in [0.25, 0.3) is 11.3 Å². The fraction of sp³-hybridized carbons (Fsp3) is 0.500. The second-order valence-corrected chi connectivity index (χ2v) is 8.38. The molecular formula is C24H30N4O. The Kier molecular flexibility index (Phi) is 6.33. The first kappa shape index (κ1) is 19.7. The van der Waals surface area contributed by atoms with Crippen molar-refractivity contribution >= 4 is 5.91 Å². The predicted octanol–water partition coefficient (Wildman–Crippen LogP) is 4.59. The SMILES string of the molecule is Cc1ncc(-c2ccccn2)c(C2CCC(CNC(=O)[C@H]3CC=CCC3)CC2)n1. The van der Waals surface area contributed by atoms with Crippen LogP contribution in [0.1, 0.15) is 62.4 Å². The van der Waals surface area contributed by atoms with E-state index in [9.17, 15) is 4.79 Å². The van der Waals surface area contributed by atoms with E-state index in [0.29, 0.717) is 11.8 Å². The summed E-state index contributed by atoms with van der Waals surface area (Å²) in [6.45, 7) is 2.76. The Labute approximate surface area is 173 Å². The summed E-state index contributed by atoms with van der Waals surface area (Å²) < 4.78 is 0. The highest BCUT2D eigenvalue weighted by molar-refractivity contribution is 5.78. The lowest BCUT2D eigenvalue weighted by atomic mass is 9.79. The van der Waals surface area contributed by atoms with Crippen LogP contribution in [0.4, 0.5) is 0 Å². The van der Waals surface area contributed by atoms with Crippen molar-refractivity contribution in [3.8, 4) is 11.3 Å². The standard InChI is InChI=1S/C24H30N4O/c1-17-26-16-21(22-9-5-6-14-25-22)23(28-17)19-12-10-18(11-13-19)15-27-24(29)20-7-3-2-4-8-20/h2-3,5-6,9,14,16,18-20H,4,7-8,10-13,15H2,1H3,(H,27,29)/t18?,19?,20-/m0/s1. The third-order valence-corrected chi connectivity index (χ3v) is 6.32. The Morgan fingerprint density at radius 1 is 1.10 bits per heavy atom. The van der Waals surface area contributed by atoms with Gasteiger partial charge in [-0.2, -0.15) is 0 Å². The molecule has 152 valence electrons. The maximum atomic E-state index is 12.4. The van der Waals surface area contributed by atoms with Crippen molar-refractivity contribution in [2.45, 2.75) is 57.8 Å². The van der Waals surface area contributed by atoms with Gasteiger partial charge in [0.1, 0.15) is 5.82 Å². The highest BCUT2D eigenvalue weighted by Crippen LogP contribution is 2.38. The third-order valence-electron chi connectivity index (χ3n) is 6.32. The Balaban J connectivity index is 1.36. The van der Waals surface area contributed by atoms with E-state index in [1.807, 2.05) is 37.5 Å². The number of hydrogen-bond donors (Lipinski definition) is 1. The summed E-state index contributed by atoms with van der Waals surface area (Å²) in [7, 11) is 0. The molecule has 2 aromatic heterocycles. The number of amides is 1. The minimum atomic E-state index is 0.168. The Morgan fingerprint density at radius 3 is 2.69 bits per heavy atom. The average Bonchev–Trinajstić information content (AvgIpc) is 2.79. The van der Waals surface area contributed by atoms with Crippen molar-refractivity contribution in [1.82, 2.24) is 20.3 Å². The third kappa shape index (κ3) is 4.89. The first-order valence-corrected chi connectivity index (χ1v) is 10.9. The smallest absolute Gasteiger partial charge is 0.223 e. The summed E-state index contributed by atoms with van der Waals surface area (Å²) in [6.07, 6.45) is 15.4. The molecule has 2 aliphatic carbocycles. The monoisotopic (exact) mass is 390 g/mol. The van der Waals surface area contributed by atoms with Crippen LogP contribution >= 0.6 is 0 Å². The zero-order valence-electron chi connectivity index (χ0n) is 17.2. The van der Waals surface area contributed by atoms with E-state index in [1.165, 1.54) is 0 Å². The van der Waals surface area contributed by atoms with Crippen LogP contribution in [0.15, 0.2) is 42.7 Å². The lowest BCUT2D eigenvalue weighted by molar-refractivity contribution is -0.125. The van der Waals surface area contributed by atoms with E-state index in [-0.39, 0.29) is 11.8 Å². The molecule has 1 amide bonds. The van der Waals surface area contributed by atoms with Crippen LogP contribution in [-0.4, -0.2) is 27.4 Å². The zero-order chi connectivity index (χ0) is 20.1. The van der Waals surface area contributed by atoms with Crippen molar-refractivity contribution in [2.24, 2.45) is 11.8 Å². The maximum Gasteiger partial charge on any atom is 0.223 e. The van der Waals surface area contributed by atoms with Gasteiger partial charge in [-0.3, -0.25) is 9.78 Å². The molecule has 2 heterocycles. The molecule has 1 atom stereocenters. The van der Waals surface area contributed by atoms with Gasteiger partial charge in [0.05, 0.1) is 11.4 Å². The van der Waals surface area contributed by atoms with Crippen LogP contribution in [0.2, 0.25) is 0 Å². The molecule has 0 unspecified atom stereocenters. The number of aromatic nitrogens is 3. The molecule has 2 aromatic rings. The highest BCUT2D eigenvalue weighted by Gasteiger charge is 2.27. The van der Waals surface area contributed by atoms with Gasteiger partial charge in [0, 0.05) is 36.3 Å². The van der Waals surface area contributed by atoms with Gasteiger partial charge < -0.3 is 5.32 Å². The molecule has 0 aliphatic heterocycles. The van der Waals surface area contributed by atoms with Crippen molar-refractivity contribution in [3.63, 3.8) is 0 Å². The predicted molar refractivity (Wildman–Crippen MR) is 114 cm³/mol. The summed E-state index contributed by atoms with van der Waals surface area (Å²) >= 11 is 0. The van der Waals surface area contributed by atoms with Crippen LogP contribution in [-0.2, 0) is 4.79 Å². The molecular weight excluding hydrogens is 360 g/mol. The molecule has 0 saturated heterocycles. The van der Waals surface area contributed by atoms with Crippen molar-refractivity contribution in [3.05, 3.63) is 54.3 Å². The fourth-order valence-electron chi connectivity index (χ4n) is 4.58. The summed E-state index contributed by atoms with van der Waals surface area (Å²) in [5, 5.41) is 3.21. The lowest BCUT2D eigenvalue weighted by Gasteiger charge is -2.30. The molecule has 1 fully saturated rings. The van der Waals surface area contributed by atoms with Crippen LogP contribution in [0.5, 0.6) is 0 Å². The van der Waals surface area contributed by atoms with Gasteiger partial charge >= 0.3 is 0 Å². The van der Waals surface area contributed by atoms with Gasteiger partial charge in [-0.25, -0.2) is 9.97 Å². The number of nitrogens with zero attached hydrogens (tertiary/aromatic N) is 3. The number of allylic oxidation sites excluding steroid dienone is 2. The summed E-state index contributed by atoms with van der Waals surface area (Å²) in [5.74, 6) is 2.22. The van der Waals surface area contributed by atoms with Gasteiger partial charge in [-0.1, -0.05) is 18.2 Å². The molecule has 1 N–H and O–H groups in total. The first-order valence-electron chi connectivity index (χ1n) is 10.9. The Bertz CT molecular complexity index is 856. The Morgan fingerprint density at radius 2 is 1.97 bits per heavy atom. The van der Waals surface area contributed by atoms with Crippen molar-refractivity contribution in [1.29, 1.82) is 0 Å². The van der Waals surface area contributed by atoms with Gasteiger partial charge in [-0.05, 0) is 69.9 Å². The van der Waals surface area contributed by atoms with Gasteiger partial charge in [0.2, 0.25) is 5.91 Å². The van der Waals surface area contributed by atoms with E-state index in [0.717, 1.165) is 74.3 Å². The largest absolute Gasteiger partial charge is 0.356 e. The fourth-order valence-corrected chi connectivity index (χ4v) is 4.58. The van der Waals surface area contributed by atoms with Crippen molar-refractivity contribution < 1.29 is 4.79 Å². The molecule has 0 radical (unpaired) electrons. The summed E-state index contributed by atoms with van der Waals surface area (Å²) in [5.41, 5.74) is 3.13. The normalized spacial score (nSPS) is 24.2. The first-order chi connectivity index (χ1) is 14.2. The molecule has 0 aromatic carbocycles. The van der Waals surface area contributed by atoms with E-state index in [1.54, 1.807) is 0 Å². The van der Waals surface area contributed by atoms with Gasteiger partial charge in [0.15, 0.2) is 0 Å². The Hall–Kier alpha value is -2.56. The molecule has 29 heavy (non-hydrogen) atoms. The molecule has 2 aliphatic rings. The number of aryl methyl sites for hydroxylation is 1. The number of carbonyl (C=O) groups is 1. The molecule has 5 heteroatoms. The van der Waals surface area contributed by atoms with E-state index >= 15 is 0 Å². The summed E-state index contributed by atoms with van der Waals surface area (Å²) in [6, 6.07) is 5.97. The molecule has 4 rings (SSSR count). The minimum Gasteiger partial charge on any atom is -0.356 e. The van der Waals surface area contributed by atoms with Crippen molar-refractivity contribution in [2.75, 3.05) is 6.54 Å². The number of nitrogens with one attached hydrogen (secondary N) is 1. The number of carbonyl (C=O) groups excluding carboxylic acids is 1. The van der Waals surface area contributed by atoms with Gasteiger partial charge in [0.25, 0.3) is 0 Å². The number of hydrogen-bond acceptors (Lipinski definition) is 4. The highest BCUT2D eigenvalue weighted by atomic mass is 16.1. The van der Waals surface area contributed by atoms with Gasteiger partial charge in [-0.15, -0.1) is 0 Å². The quantitative estimate of drug-likeness (QED) is 0.758. The van der Waals surface area contributed by atoms with Crippen LogP contribution in [0, 0.1) is 18.8 Å². The second-order valence-electron chi connectivity index (χ2n) is 8.38. The van der Waals surface area contributed by atoms with E-state index < -0.39 is 0 Å². The topological polar surface area (TPSA) is 67.8 Å². The molecule has 5 nitrogen and oxygen atoms in total. The number of pyridine rings is 1. The van der Waals surface area contributed by atoms with Crippen LogP contribution < -0.4 is 5.32 Å². The zero-order valence-corrected chi connectivity index (χ0v) is 17.2. The van der Waals surface area contributed by atoms with E-state index in [2.05, 4.69) is 27.4 Å². The number of rotatable bonds is 5. The molecule has 0 spiro atoms. The average molecular weight is 391 g/mol. The lowest BCUT2D eigenvalue weighted by Crippen LogP contribution is -2.35. The summed E-state index contributed by atoms with van der Waals surface area (Å²) in [4.78, 5) is 26.1.